The number of aliphatic carboxylic acids is 1. The summed E-state index contributed by atoms with van der Waals surface area (Å²) in [5, 5.41) is 17.8. The fraction of sp³-hybridized carbons (Fsp3) is 0.156. The lowest BCUT2D eigenvalue weighted by Crippen LogP contribution is -2.51. The van der Waals surface area contributed by atoms with Crippen LogP contribution in [0.3, 0.4) is 0 Å². The summed E-state index contributed by atoms with van der Waals surface area (Å²) in [4.78, 5) is 54.6. The normalized spacial score (nSPS) is 16.6. The van der Waals surface area contributed by atoms with Crippen molar-refractivity contribution in [2.75, 3.05) is 17.4 Å². The lowest BCUT2D eigenvalue weighted by molar-refractivity contribution is -0.144. The maximum absolute atomic E-state index is 13.2. The van der Waals surface area contributed by atoms with Crippen molar-refractivity contribution in [2.45, 2.75) is 24.7 Å². The maximum atomic E-state index is 13.2. The van der Waals surface area contributed by atoms with E-state index in [1.807, 2.05) is 42.5 Å². The molecule has 0 radical (unpaired) electrons. The quantitative estimate of drug-likeness (QED) is 0.222. The molecule has 0 bridgehead atoms. The van der Waals surface area contributed by atoms with Gasteiger partial charge in [-0.25, -0.2) is 4.79 Å². The number of amides is 3. The first-order chi connectivity index (χ1) is 20.9. The monoisotopic (exact) mass is 580 g/mol. The summed E-state index contributed by atoms with van der Waals surface area (Å²) < 4.78 is 10.8. The van der Waals surface area contributed by atoms with Crippen LogP contribution in [-0.4, -0.2) is 58.8 Å². The van der Waals surface area contributed by atoms with Crippen LogP contribution in [0.5, 0.6) is 0 Å². The SMILES string of the molecule is O=C(Nc1ccc(CC(NC(=O)C2OCOC2C(=O)Nc2ccccc2-c2ccccc2)C(=O)O)cc1)c1ccccn1. The summed E-state index contributed by atoms with van der Waals surface area (Å²) in [5.41, 5.74) is 3.55. The lowest BCUT2D eigenvalue weighted by atomic mass is 10.0. The average molecular weight is 581 g/mol. The molecule has 11 nitrogen and oxygen atoms in total. The van der Waals surface area contributed by atoms with Gasteiger partial charge in [0.2, 0.25) is 0 Å². The number of rotatable bonds is 10. The number of aromatic nitrogens is 1. The van der Waals surface area contributed by atoms with Crippen LogP contribution >= 0.6 is 0 Å². The number of benzene rings is 3. The summed E-state index contributed by atoms with van der Waals surface area (Å²) in [6.07, 6.45) is -1.18. The van der Waals surface area contributed by atoms with Crippen molar-refractivity contribution in [3.63, 3.8) is 0 Å². The Balaban J connectivity index is 1.21. The number of carbonyl (C=O) groups is 4. The van der Waals surface area contributed by atoms with Gasteiger partial charge in [-0.3, -0.25) is 19.4 Å². The Morgan fingerprint density at radius 2 is 1.47 bits per heavy atom. The van der Waals surface area contributed by atoms with Gasteiger partial charge in [0, 0.05) is 29.6 Å². The third-order valence-electron chi connectivity index (χ3n) is 6.72. The minimum absolute atomic E-state index is 0.0512. The van der Waals surface area contributed by atoms with E-state index in [1.54, 1.807) is 54.6 Å². The zero-order valence-corrected chi connectivity index (χ0v) is 22.8. The summed E-state index contributed by atoms with van der Waals surface area (Å²) in [6, 6.07) is 26.9. The van der Waals surface area contributed by atoms with Crippen molar-refractivity contribution in [3.8, 4) is 11.1 Å². The Morgan fingerprint density at radius 1 is 0.791 bits per heavy atom. The number of nitrogens with one attached hydrogen (secondary N) is 3. The minimum atomic E-state index is -1.35. The maximum Gasteiger partial charge on any atom is 0.326 e. The van der Waals surface area contributed by atoms with Crippen LogP contribution in [-0.2, 0) is 30.3 Å². The van der Waals surface area contributed by atoms with E-state index in [0.717, 1.165) is 11.1 Å². The number of hydrogen-bond acceptors (Lipinski definition) is 7. The van der Waals surface area contributed by atoms with E-state index in [4.69, 9.17) is 9.47 Å². The van der Waals surface area contributed by atoms with Crippen LogP contribution in [0.4, 0.5) is 11.4 Å². The molecule has 43 heavy (non-hydrogen) atoms. The van der Waals surface area contributed by atoms with E-state index in [2.05, 4.69) is 20.9 Å². The van der Waals surface area contributed by atoms with Crippen molar-refractivity contribution in [2.24, 2.45) is 0 Å². The second-order valence-electron chi connectivity index (χ2n) is 9.66. The molecular weight excluding hydrogens is 552 g/mol. The molecule has 1 saturated heterocycles. The molecule has 1 aliphatic heterocycles. The van der Waals surface area contributed by atoms with Gasteiger partial charge in [0.25, 0.3) is 17.7 Å². The number of para-hydroxylation sites is 1. The van der Waals surface area contributed by atoms with Crippen molar-refractivity contribution in [3.05, 3.63) is 115 Å². The van der Waals surface area contributed by atoms with Gasteiger partial charge < -0.3 is 30.5 Å². The minimum Gasteiger partial charge on any atom is -0.480 e. The Morgan fingerprint density at radius 3 is 2.16 bits per heavy atom. The fourth-order valence-electron chi connectivity index (χ4n) is 4.56. The third kappa shape index (κ3) is 7.28. The topological polar surface area (TPSA) is 156 Å². The van der Waals surface area contributed by atoms with Crippen LogP contribution in [0.25, 0.3) is 11.1 Å². The Hall–Kier alpha value is -5.39. The molecule has 11 heteroatoms. The molecule has 4 N–H and O–H groups in total. The zero-order chi connectivity index (χ0) is 30.2. The first kappa shape index (κ1) is 29.1. The number of carbonyl (C=O) groups excluding carboxylic acids is 3. The van der Waals surface area contributed by atoms with Crippen molar-refractivity contribution in [1.82, 2.24) is 10.3 Å². The van der Waals surface area contributed by atoms with E-state index in [1.165, 1.54) is 6.20 Å². The molecule has 3 aromatic carbocycles. The number of nitrogens with zero attached hydrogens (tertiary/aromatic N) is 1. The van der Waals surface area contributed by atoms with Gasteiger partial charge in [0.05, 0.1) is 0 Å². The van der Waals surface area contributed by atoms with Crippen LogP contribution in [0.1, 0.15) is 16.1 Å². The molecular formula is C32H28N4O7. The largest absolute Gasteiger partial charge is 0.480 e. The zero-order valence-electron chi connectivity index (χ0n) is 22.8. The Kier molecular flexibility index (Phi) is 9.15. The molecule has 3 unspecified atom stereocenters. The van der Waals surface area contributed by atoms with Crippen molar-refractivity contribution < 1.29 is 33.8 Å². The number of anilines is 2. The average Bonchev–Trinajstić information content (AvgIpc) is 3.53. The number of carboxylic acids is 1. The van der Waals surface area contributed by atoms with Gasteiger partial charge in [-0.05, 0) is 41.5 Å². The second kappa shape index (κ2) is 13.5. The number of pyridine rings is 1. The smallest absolute Gasteiger partial charge is 0.326 e. The molecule has 1 aliphatic rings. The standard InChI is InChI=1S/C32H28N4O7/c37-29(25-12-6-7-17-33-25)34-22-15-13-20(14-16-22)18-26(32(40)41)36-31(39)28-27(42-19-43-28)30(38)35-24-11-5-4-10-23(24)21-8-2-1-3-9-21/h1-17,26-28H,18-19H2,(H,34,37)(H,35,38)(H,36,39)(H,40,41). The van der Waals surface area contributed by atoms with Gasteiger partial charge in [0.15, 0.2) is 12.2 Å². The Labute approximate surface area is 246 Å². The highest BCUT2D eigenvalue weighted by Crippen LogP contribution is 2.28. The molecule has 3 atom stereocenters. The van der Waals surface area contributed by atoms with Gasteiger partial charge in [0.1, 0.15) is 18.5 Å². The molecule has 1 aromatic heterocycles. The van der Waals surface area contributed by atoms with Crippen molar-refractivity contribution >= 4 is 35.1 Å². The summed E-state index contributed by atoms with van der Waals surface area (Å²) >= 11 is 0. The molecule has 2 heterocycles. The first-order valence-electron chi connectivity index (χ1n) is 13.4. The summed E-state index contributed by atoms with van der Waals surface area (Å²) in [5.74, 6) is -3.04. The highest BCUT2D eigenvalue weighted by molar-refractivity contribution is 6.03. The number of hydrogen-bond donors (Lipinski definition) is 4. The van der Waals surface area contributed by atoms with Crippen LogP contribution in [0.2, 0.25) is 0 Å². The summed E-state index contributed by atoms with van der Waals surface area (Å²) in [7, 11) is 0. The highest BCUT2D eigenvalue weighted by Gasteiger charge is 2.42. The van der Waals surface area contributed by atoms with Crippen LogP contribution in [0, 0.1) is 0 Å². The number of carboxylic acid groups (broad SMARTS) is 1. The van der Waals surface area contributed by atoms with Gasteiger partial charge in [-0.2, -0.15) is 0 Å². The van der Waals surface area contributed by atoms with E-state index >= 15 is 0 Å². The molecule has 3 amide bonds. The van der Waals surface area contributed by atoms with E-state index in [9.17, 15) is 24.3 Å². The predicted octanol–water partition coefficient (Wildman–Crippen LogP) is 3.49. The third-order valence-corrected chi connectivity index (χ3v) is 6.72. The lowest BCUT2D eigenvalue weighted by Gasteiger charge is -2.20. The van der Waals surface area contributed by atoms with Crippen molar-refractivity contribution in [1.29, 1.82) is 0 Å². The van der Waals surface area contributed by atoms with E-state index in [0.29, 0.717) is 16.9 Å². The van der Waals surface area contributed by atoms with E-state index < -0.39 is 36.0 Å². The summed E-state index contributed by atoms with van der Waals surface area (Å²) in [6.45, 7) is -0.306. The highest BCUT2D eigenvalue weighted by atomic mass is 16.7. The molecule has 4 aromatic rings. The predicted molar refractivity (Wildman–Crippen MR) is 157 cm³/mol. The molecule has 1 fully saturated rings. The van der Waals surface area contributed by atoms with Gasteiger partial charge in [-0.15, -0.1) is 0 Å². The van der Waals surface area contributed by atoms with Gasteiger partial charge >= 0.3 is 5.97 Å². The Bertz CT molecular complexity index is 1600. The molecule has 5 rings (SSSR count). The van der Waals surface area contributed by atoms with Gasteiger partial charge in [-0.1, -0.05) is 66.7 Å². The first-order valence-corrected chi connectivity index (χ1v) is 13.4. The van der Waals surface area contributed by atoms with Crippen LogP contribution < -0.4 is 16.0 Å². The molecule has 0 aliphatic carbocycles. The molecule has 0 spiro atoms. The molecule has 0 saturated carbocycles. The van der Waals surface area contributed by atoms with E-state index in [-0.39, 0.29) is 24.8 Å². The fourth-order valence-corrected chi connectivity index (χ4v) is 4.56. The molecule has 218 valence electrons. The number of ether oxygens (including phenoxy) is 2. The van der Waals surface area contributed by atoms with Crippen LogP contribution in [0.15, 0.2) is 103 Å². The second-order valence-corrected chi connectivity index (χ2v) is 9.66.